The highest BCUT2D eigenvalue weighted by atomic mass is 16.1. The van der Waals surface area contributed by atoms with Gasteiger partial charge in [-0.3, -0.25) is 4.79 Å². The number of ketones is 1. The molecule has 15 heavy (non-hydrogen) atoms. The van der Waals surface area contributed by atoms with Crippen molar-refractivity contribution in [1.29, 1.82) is 0 Å². The quantitative estimate of drug-likeness (QED) is 0.656. The van der Waals surface area contributed by atoms with Crippen LogP contribution in [0.15, 0.2) is 24.0 Å². The van der Waals surface area contributed by atoms with Crippen LogP contribution in [0.5, 0.6) is 0 Å². The molecule has 0 aromatic carbocycles. The van der Waals surface area contributed by atoms with Crippen molar-refractivity contribution in [2.45, 2.75) is 46.1 Å². The summed E-state index contributed by atoms with van der Waals surface area (Å²) in [4.78, 5) is 13.7. The average molecular weight is 205 g/mol. The van der Waals surface area contributed by atoms with E-state index in [1.165, 1.54) is 0 Å². The molecule has 1 spiro atoms. The molecule has 82 valence electrons. The summed E-state index contributed by atoms with van der Waals surface area (Å²) in [5.74, 6) is 0.214. The zero-order valence-electron chi connectivity index (χ0n) is 10.0. The van der Waals surface area contributed by atoms with Crippen LogP contribution in [0, 0.1) is 5.41 Å². The second-order valence-corrected chi connectivity index (χ2v) is 5.65. The number of nitrogens with zero attached hydrogens (tertiary/aromatic N) is 1. The molecule has 1 saturated carbocycles. The zero-order valence-corrected chi connectivity index (χ0v) is 10.0. The summed E-state index contributed by atoms with van der Waals surface area (Å²) in [6.07, 6.45) is 8.63. The maximum Gasteiger partial charge on any atom is 0.158 e. The lowest BCUT2D eigenvalue weighted by Gasteiger charge is -2.36. The first-order chi connectivity index (χ1) is 6.85. The van der Waals surface area contributed by atoms with Gasteiger partial charge in [-0.25, -0.2) is 0 Å². The molecule has 1 aliphatic carbocycles. The Morgan fingerprint density at radius 1 is 1.40 bits per heavy atom. The van der Waals surface area contributed by atoms with E-state index in [-0.39, 0.29) is 16.7 Å². The van der Waals surface area contributed by atoms with E-state index in [4.69, 9.17) is 0 Å². The lowest BCUT2D eigenvalue weighted by molar-refractivity contribution is -0.114. The minimum atomic E-state index is 0.0493. The van der Waals surface area contributed by atoms with E-state index in [9.17, 15) is 4.79 Å². The highest BCUT2D eigenvalue weighted by Crippen LogP contribution is 2.55. The van der Waals surface area contributed by atoms with Crippen LogP contribution in [-0.2, 0) is 4.79 Å². The van der Waals surface area contributed by atoms with Crippen LogP contribution in [0.2, 0.25) is 0 Å². The first-order valence-corrected chi connectivity index (χ1v) is 5.56. The Morgan fingerprint density at radius 2 is 2.00 bits per heavy atom. The number of hydrogen-bond donors (Lipinski definition) is 0. The zero-order chi connectivity index (χ0) is 11.3. The normalized spacial score (nSPS) is 22.9. The largest absolute Gasteiger partial charge is 0.349 e. The van der Waals surface area contributed by atoms with Crippen LogP contribution in [0.1, 0.15) is 40.5 Å². The van der Waals surface area contributed by atoms with Gasteiger partial charge < -0.3 is 4.90 Å². The van der Waals surface area contributed by atoms with Crippen LogP contribution >= 0.6 is 0 Å². The number of Topliss-reactive ketones (excluding diaryl/α,β-unsaturated/α-hetero) is 1. The minimum Gasteiger partial charge on any atom is -0.349 e. The average Bonchev–Trinajstić information content (AvgIpc) is 2.83. The van der Waals surface area contributed by atoms with Gasteiger partial charge in [0.05, 0.1) is 0 Å². The van der Waals surface area contributed by atoms with Crippen LogP contribution in [0.3, 0.4) is 0 Å². The SMILES string of the molecule is CC(=O)C1=CN(C(C)(C)C)C=CC12CC2. The van der Waals surface area contributed by atoms with E-state index < -0.39 is 0 Å². The van der Waals surface area contributed by atoms with Gasteiger partial charge in [-0.2, -0.15) is 0 Å². The van der Waals surface area contributed by atoms with E-state index >= 15 is 0 Å². The van der Waals surface area contributed by atoms with Crippen LogP contribution < -0.4 is 0 Å². The second-order valence-electron chi connectivity index (χ2n) is 5.65. The second kappa shape index (κ2) is 2.97. The summed E-state index contributed by atoms with van der Waals surface area (Å²) in [5.41, 5.74) is 1.14. The van der Waals surface area contributed by atoms with Crippen molar-refractivity contribution >= 4 is 5.78 Å². The van der Waals surface area contributed by atoms with Gasteiger partial charge in [0.25, 0.3) is 0 Å². The third-order valence-corrected chi connectivity index (χ3v) is 3.30. The molecular formula is C13H19NO. The molecule has 2 aliphatic rings. The Balaban J connectivity index is 2.32. The van der Waals surface area contributed by atoms with Gasteiger partial charge in [0.2, 0.25) is 0 Å². The van der Waals surface area contributed by atoms with Gasteiger partial charge in [0.1, 0.15) is 0 Å². The Bertz CT molecular complexity index is 353. The number of carbonyl (C=O) groups is 1. The summed E-state index contributed by atoms with van der Waals surface area (Å²) in [7, 11) is 0. The molecule has 1 fully saturated rings. The van der Waals surface area contributed by atoms with Crippen molar-refractivity contribution in [3.8, 4) is 0 Å². The molecule has 2 heteroatoms. The van der Waals surface area contributed by atoms with Crippen LogP contribution in [0.4, 0.5) is 0 Å². The predicted octanol–water partition coefficient (Wildman–Crippen LogP) is 2.87. The van der Waals surface area contributed by atoms with E-state index in [2.05, 4.69) is 37.9 Å². The molecule has 2 rings (SSSR count). The topological polar surface area (TPSA) is 20.3 Å². The molecule has 0 N–H and O–H groups in total. The van der Waals surface area contributed by atoms with Crippen molar-refractivity contribution in [3.05, 3.63) is 24.0 Å². The van der Waals surface area contributed by atoms with Crippen LogP contribution in [0.25, 0.3) is 0 Å². The fraction of sp³-hybridized carbons (Fsp3) is 0.615. The third-order valence-electron chi connectivity index (χ3n) is 3.30. The van der Waals surface area contributed by atoms with Crippen molar-refractivity contribution in [1.82, 2.24) is 4.90 Å². The molecule has 0 unspecified atom stereocenters. The smallest absolute Gasteiger partial charge is 0.158 e. The van der Waals surface area contributed by atoms with Gasteiger partial charge in [-0.1, -0.05) is 6.08 Å². The molecule has 0 amide bonds. The summed E-state index contributed by atoms with van der Waals surface area (Å²) in [6, 6.07) is 0. The summed E-state index contributed by atoms with van der Waals surface area (Å²) in [6.45, 7) is 8.12. The minimum absolute atomic E-state index is 0.0493. The molecule has 1 aliphatic heterocycles. The van der Waals surface area contributed by atoms with Gasteiger partial charge in [0, 0.05) is 28.9 Å². The van der Waals surface area contributed by atoms with Crippen molar-refractivity contribution < 1.29 is 4.79 Å². The Morgan fingerprint density at radius 3 is 2.40 bits per heavy atom. The Hall–Kier alpha value is -1.05. The molecule has 0 saturated heterocycles. The summed E-state index contributed by atoms with van der Waals surface area (Å²) >= 11 is 0. The van der Waals surface area contributed by atoms with Crippen LogP contribution in [-0.4, -0.2) is 16.2 Å². The highest BCUT2D eigenvalue weighted by molar-refractivity contribution is 5.96. The predicted molar refractivity (Wildman–Crippen MR) is 61.2 cm³/mol. The first-order valence-electron chi connectivity index (χ1n) is 5.56. The van der Waals surface area contributed by atoms with E-state index in [0.29, 0.717) is 0 Å². The van der Waals surface area contributed by atoms with Crippen molar-refractivity contribution in [3.63, 3.8) is 0 Å². The number of hydrogen-bond acceptors (Lipinski definition) is 2. The number of carbonyl (C=O) groups excluding carboxylic acids is 1. The molecule has 0 bridgehead atoms. The van der Waals surface area contributed by atoms with Gasteiger partial charge >= 0.3 is 0 Å². The Labute approximate surface area is 91.6 Å². The van der Waals surface area contributed by atoms with Gasteiger partial charge in [-0.05, 0) is 40.5 Å². The number of allylic oxidation sites excluding steroid dienone is 2. The van der Waals surface area contributed by atoms with Crippen molar-refractivity contribution in [2.24, 2.45) is 5.41 Å². The molecule has 0 atom stereocenters. The van der Waals surface area contributed by atoms with Gasteiger partial charge in [-0.15, -0.1) is 0 Å². The summed E-state index contributed by atoms with van der Waals surface area (Å²) in [5, 5.41) is 0. The fourth-order valence-electron chi connectivity index (χ4n) is 2.05. The number of rotatable bonds is 1. The van der Waals surface area contributed by atoms with E-state index in [1.54, 1.807) is 6.92 Å². The maximum absolute atomic E-state index is 11.6. The lowest BCUT2D eigenvalue weighted by atomic mass is 9.90. The molecule has 0 aromatic rings. The van der Waals surface area contributed by atoms with E-state index in [1.807, 2.05) is 6.20 Å². The van der Waals surface area contributed by atoms with E-state index in [0.717, 1.165) is 18.4 Å². The molecule has 1 heterocycles. The monoisotopic (exact) mass is 205 g/mol. The highest BCUT2D eigenvalue weighted by Gasteiger charge is 2.47. The van der Waals surface area contributed by atoms with Gasteiger partial charge in [0.15, 0.2) is 5.78 Å². The fourth-order valence-corrected chi connectivity index (χ4v) is 2.05. The first kappa shape index (κ1) is 10.5. The summed E-state index contributed by atoms with van der Waals surface area (Å²) < 4.78 is 0. The Kier molecular flexibility index (Phi) is 2.07. The molecule has 0 radical (unpaired) electrons. The molecule has 0 aromatic heterocycles. The maximum atomic E-state index is 11.6. The molecular weight excluding hydrogens is 186 g/mol. The lowest BCUT2D eigenvalue weighted by Crippen LogP contribution is -2.36. The third kappa shape index (κ3) is 1.73. The standard InChI is InChI=1S/C13H19NO/c1-10(15)11-9-14(12(2,3)4)8-7-13(11)5-6-13/h7-9H,5-6H2,1-4H3. The van der Waals surface area contributed by atoms with Crippen molar-refractivity contribution in [2.75, 3.05) is 0 Å². The molecule has 2 nitrogen and oxygen atoms in total.